The van der Waals surface area contributed by atoms with E-state index in [1.54, 1.807) is 7.11 Å². The van der Waals surface area contributed by atoms with Gasteiger partial charge in [-0.3, -0.25) is 0 Å². The number of ether oxygens (including phenoxy) is 1. The molecule has 114 valence electrons. The van der Waals surface area contributed by atoms with Crippen LogP contribution < -0.4 is 10.5 Å². The van der Waals surface area contributed by atoms with Crippen LogP contribution in [-0.4, -0.2) is 24.9 Å². The first kappa shape index (κ1) is 17.3. The van der Waals surface area contributed by atoms with Crippen molar-refractivity contribution in [1.82, 2.24) is 0 Å². The average molecular weight is 300 g/mol. The summed E-state index contributed by atoms with van der Waals surface area (Å²) in [6.07, 6.45) is 5.72. The molecule has 0 spiro atoms. The number of aliphatic hydroxyl groups excluding tert-OH is 1. The van der Waals surface area contributed by atoms with Gasteiger partial charge in [-0.2, -0.15) is 0 Å². The summed E-state index contributed by atoms with van der Waals surface area (Å²) >= 11 is 0. The minimum absolute atomic E-state index is 0. The summed E-state index contributed by atoms with van der Waals surface area (Å²) in [5.41, 5.74) is 7.00. The molecular formula is C16H26ClNO2. The molecule has 1 aromatic rings. The number of aliphatic hydroxyl groups is 1. The van der Waals surface area contributed by atoms with Crippen molar-refractivity contribution in [3.05, 3.63) is 29.8 Å². The van der Waals surface area contributed by atoms with Crippen LogP contribution in [0.5, 0.6) is 5.75 Å². The van der Waals surface area contributed by atoms with Crippen LogP contribution in [0.1, 0.15) is 43.6 Å². The van der Waals surface area contributed by atoms with Gasteiger partial charge in [-0.25, -0.2) is 0 Å². The third-order valence-electron chi connectivity index (χ3n) is 4.34. The highest BCUT2D eigenvalue weighted by molar-refractivity contribution is 5.85. The summed E-state index contributed by atoms with van der Waals surface area (Å²) in [4.78, 5) is 0. The van der Waals surface area contributed by atoms with E-state index in [-0.39, 0.29) is 24.4 Å². The third-order valence-corrected chi connectivity index (χ3v) is 4.34. The summed E-state index contributed by atoms with van der Waals surface area (Å²) in [5.74, 6) is 1.28. The van der Waals surface area contributed by atoms with Gasteiger partial charge >= 0.3 is 0 Å². The second-order valence-corrected chi connectivity index (χ2v) is 5.50. The molecule has 1 fully saturated rings. The standard InChI is InChI=1S/C16H25NO2.ClH/c1-19-14-9-7-12(8-10-14)15(11-17)16(18)13-5-3-2-4-6-13;/h7-10,13,15-16,18H,2-6,11,17H2,1H3;1H/t15-,16-;/m0./s1. The van der Waals surface area contributed by atoms with E-state index in [1.165, 1.54) is 19.3 Å². The zero-order valence-electron chi connectivity index (χ0n) is 12.1. The Kier molecular flexibility index (Phi) is 7.35. The van der Waals surface area contributed by atoms with E-state index in [4.69, 9.17) is 10.5 Å². The van der Waals surface area contributed by atoms with E-state index in [0.29, 0.717) is 12.5 Å². The molecule has 1 aromatic carbocycles. The SMILES string of the molecule is COc1ccc([C@H](CN)[C@@H](O)C2CCCCC2)cc1.Cl. The normalized spacial score (nSPS) is 18.9. The summed E-state index contributed by atoms with van der Waals surface area (Å²) in [5, 5.41) is 10.6. The minimum atomic E-state index is -0.321. The second-order valence-electron chi connectivity index (χ2n) is 5.50. The van der Waals surface area contributed by atoms with Crippen LogP contribution in [0.15, 0.2) is 24.3 Å². The molecule has 0 saturated heterocycles. The van der Waals surface area contributed by atoms with Crippen LogP contribution in [0, 0.1) is 5.92 Å². The zero-order valence-corrected chi connectivity index (χ0v) is 12.9. The van der Waals surface area contributed by atoms with Crippen molar-refractivity contribution < 1.29 is 9.84 Å². The fraction of sp³-hybridized carbons (Fsp3) is 0.625. The minimum Gasteiger partial charge on any atom is -0.497 e. The fourth-order valence-electron chi connectivity index (χ4n) is 3.13. The molecule has 0 aromatic heterocycles. The maximum atomic E-state index is 10.6. The zero-order chi connectivity index (χ0) is 13.7. The van der Waals surface area contributed by atoms with Crippen molar-refractivity contribution in [2.24, 2.45) is 11.7 Å². The molecular weight excluding hydrogens is 274 g/mol. The van der Waals surface area contributed by atoms with Crippen LogP contribution in [0.25, 0.3) is 0 Å². The predicted octanol–water partition coefficient (Wildman–Crippen LogP) is 3.10. The summed E-state index contributed by atoms with van der Waals surface area (Å²) in [6, 6.07) is 7.90. The van der Waals surface area contributed by atoms with Crippen LogP contribution in [0.3, 0.4) is 0 Å². The molecule has 1 saturated carbocycles. The van der Waals surface area contributed by atoms with Crippen LogP contribution >= 0.6 is 12.4 Å². The molecule has 0 amide bonds. The first-order valence-corrected chi connectivity index (χ1v) is 7.28. The van der Waals surface area contributed by atoms with E-state index in [0.717, 1.165) is 24.2 Å². The van der Waals surface area contributed by atoms with Crippen molar-refractivity contribution in [2.45, 2.75) is 44.1 Å². The van der Waals surface area contributed by atoms with Gasteiger partial charge in [0.25, 0.3) is 0 Å². The monoisotopic (exact) mass is 299 g/mol. The Hall–Kier alpha value is -0.770. The Morgan fingerprint density at radius 2 is 1.80 bits per heavy atom. The van der Waals surface area contributed by atoms with Crippen molar-refractivity contribution in [2.75, 3.05) is 13.7 Å². The second kappa shape index (κ2) is 8.50. The number of halogens is 1. The van der Waals surface area contributed by atoms with Crippen LogP contribution in [0.2, 0.25) is 0 Å². The van der Waals surface area contributed by atoms with Gasteiger partial charge in [-0.1, -0.05) is 31.4 Å². The number of benzene rings is 1. The molecule has 2 atom stereocenters. The molecule has 4 heteroatoms. The highest BCUT2D eigenvalue weighted by Crippen LogP contribution is 2.33. The van der Waals surface area contributed by atoms with Crippen molar-refractivity contribution in [3.8, 4) is 5.75 Å². The molecule has 0 bridgehead atoms. The Morgan fingerprint density at radius 3 is 2.30 bits per heavy atom. The lowest BCUT2D eigenvalue weighted by molar-refractivity contribution is 0.0624. The quantitative estimate of drug-likeness (QED) is 0.878. The van der Waals surface area contributed by atoms with Crippen molar-refractivity contribution in [1.29, 1.82) is 0 Å². The molecule has 0 radical (unpaired) electrons. The Morgan fingerprint density at radius 1 is 1.20 bits per heavy atom. The largest absolute Gasteiger partial charge is 0.497 e. The number of nitrogens with two attached hydrogens (primary N) is 1. The van der Waals surface area contributed by atoms with Crippen molar-refractivity contribution >= 4 is 12.4 Å². The summed E-state index contributed by atoms with van der Waals surface area (Å²) in [7, 11) is 1.66. The molecule has 0 unspecified atom stereocenters. The van der Waals surface area contributed by atoms with E-state index in [9.17, 15) is 5.11 Å². The van der Waals surface area contributed by atoms with E-state index in [2.05, 4.69) is 0 Å². The van der Waals surface area contributed by atoms with Gasteiger partial charge in [0.2, 0.25) is 0 Å². The van der Waals surface area contributed by atoms with Crippen LogP contribution in [-0.2, 0) is 0 Å². The lowest BCUT2D eigenvalue weighted by atomic mass is 9.78. The van der Waals surface area contributed by atoms with Gasteiger partial charge in [0.15, 0.2) is 0 Å². The summed E-state index contributed by atoms with van der Waals surface area (Å²) < 4.78 is 5.17. The van der Waals surface area contributed by atoms with E-state index in [1.807, 2.05) is 24.3 Å². The predicted molar refractivity (Wildman–Crippen MR) is 84.6 cm³/mol. The molecule has 0 heterocycles. The van der Waals surface area contributed by atoms with Gasteiger partial charge in [0, 0.05) is 12.5 Å². The number of hydrogen-bond acceptors (Lipinski definition) is 3. The lowest BCUT2D eigenvalue weighted by Crippen LogP contribution is -2.33. The van der Waals surface area contributed by atoms with Gasteiger partial charge in [-0.15, -0.1) is 12.4 Å². The maximum absolute atomic E-state index is 10.6. The lowest BCUT2D eigenvalue weighted by Gasteiger charge is -2.32. The summed E-state index contributed by atoms with van der Waals surface area (Å²) in [6.45, 7) is 0.490. The number of rotatable bonds is 5. The van der Waals surface area contributed by atoms with Crippen LogP contribution in [0.4, 0.5) is 0 Å². The molecule has 1 aliphatic carbocycles. The average Bonchev–Trinajstić information content (AvgIpc) is 2.49. The molecule has 3 nitrogen and oxygen atoms in total. The maximum Gasteiger partial charge on any atom is 0.118 e. The smallest absolute Gasteiger partial charge is 0.118 e. The molecule has 1 aliphatic rings. The number of hydrogen-bond donors (Lipinski definition) is 2. The van der Waals surface area contributed by atoms with Gasteiger partial charge < -0.3 is 15.6 Å². The Labute approximate surface area is 127 Å². The topological polar surface area (TPSA) is 55.5 Å². The molecule has 0 aliphatic heterocycles. The van der Waals surface area contributed by atoms with E-state index >= 15 is 0 Å². The van der Waals surface area contributed by atoms with Crippen molar-refractivity contribution in [3.63, 3.8) is 0 Å². The Bertz CT molecular complexity index is 377. The third kappa shape index (κ3) is 4.11. The Balaban J connectivity index is 0.00000200. The highest BCUT2D eigenvalue weighted by atomic mass is 35.5. The first-order chi connectivity index (χ1) is 9.26. The fourth-order valence-corrected chi connectivity index (χ4v) is 3.13. The molecule has 3 N–H and O–H groups in total. The van der Waals surface area contributed by atoms with E-state index < -0.39 is 0 Å². The van der Waals surface area contributed by atoms with Gasteiger partial charge in [-0.05, 0) is 36.5 Å². The first-order valence-electron chi connectivity index (χ1n) is 7.28. The van der Waals surface area contributed by atoms with Gasteiger partial charge in [0.1, 0.15) is 5.75 Å². The van der Waals surface area contributed by atoms with Gasteiger partial charge in [0.05, 0.1) is 13.2 Å². The molecule has 20 heavy (non-hydrogen) atoms. The number of methoxy groups -OCH3 is 1. The highest BCUT2D eigenvalue weighted by Gasteiger charge is 2.29. The molecule has 2 rings (SSSR count).